The highest BCUT2D eigenvalue weighted by atomic mass is 32.3. The van der Waals surface area contributed by atoms with Gasteiger partial charge < -0.3 is 0 Å². The average molecular weight is 236 g/mol. The zero-order chi connectivity index (χ0) is 8.34. The zero-order valence-corrected chi connectivity index (χ0v) is 10.4. The largest absolute Gasteiger partial charge is 0.133 e. The van der Waals surface area contributed by atoms with Crippen LogP contribution in [0.5, 0.6) is 0 Å². The normalized spacial score (nSPS) is 62.5. The molecule has 4 heterocycles. The summed E-state index contributed by atoms with van der Waals surface area (Å²) in [4.78, 5) is 0. The van der Waals surface area contributed by atoms with Gasteiger partial charge in [-0.15, -0.1) is 47.0 Å². The second-order valence-electron chi connectivity index (χ2n) is 3.87. The van der Waals surface area contributed by atoms with Crippen molar-refractivity contribution >= 4 is 47.0 Å². The first kappa shape index (κ1) is 8.69. The van der Waals surface area contributed by atoms with Gasteiger partial charge in [-0.25, -0.2) is 0 Å². The fraction of sp³-hybridized carbons (Fsp3) is 1.00. The lowest BCUT2D eigenvalue weighted by Gasteiger charge is -2.56. The summed E-state index contributed by atoms with van der Waals surface area (Å²) in [5.74, 6) is 0.916. The summed E-state index contributed by atoms with van der Waals surface area (Å²) in [5.41, 5.74) is 0. The molecule has 0 aromatic rings. The Kier molecular flexibility index (Phi) is 1.96. The molecular formula is C8H12S4. The Bertz CT molecular complexity index is 201. The molecule has 0 spiro atoms. The maximum absolute atomic E-state index is 2.45. The lowest BCUT2D eigenvalue weighted by Crippen LogP contribution is -2.46. The van der Waals surface area contributed by atoms with Crippen molar-refractivity contribution in [2.75, 3.05) is 0 Å². The van der Waals surface area contributed by atoms with Gasteiger partial charge in [-0.2, -0.15) is 0 Å². The van der Waals surface area contributed by atoms with Gasteiger partial charge in [-0.3, -0.25) is 0 Å². The number of hydrogen-bond donors (Lipinski definition) is 0. The van der Waals surface area contributed by atoms with E-state index in [2.05, 4.69) is 60.9 Å². The molecule has 0 saturated carbocycles. The fourth-order valence-electron chi connectivity index (χ4n) is 1.99. The first-order valence-corrected chi connectivity index (χ1v) is 7.97. The average Bonchev–Trinajstić information content (AvgIpc) is 1.96. The summed E-state index contributed by atoms with van der Waals surface area (Å²) in [5, 5.41) is 0. The van der Waals surface area contributed by atoms with Crippen LogP contribution in [0.4, 0.5) is 0 Å². The molecule has 0 N–H and O–H groups in total. The van der Waals surface area contributed by atoms with Gasteiger partial charge in [0.05, 0.1) is 17.8 Å². The summed E-state index contributed by atoms with van der Waals surface area (Å²) in [6, 6.07) is 0. The van der Waals surface area contributed by atoms with Gasteiger partial charge in [0.2, 0.25) is 0 Å². The monoisotopic (exact) mass is 236 g/mol. The van der Waals surface area contributed by atoms with E-state index in [-0.39, 0.29) is 0 Å². The predicted octanol–water partition coefficient (Wildman–Crippen LogP) is 3.68. The van der Waals surface area contributed by atoms with E-state index in [1.807, 2.05) is 0 Å². The van der Waals surface area contributed by atoms with Crippen molar-refractivity contribution in [3.8, 4) is 0 Å². The molecule has 4 aliphatic rings. The highest BCUT2D eigenvalue weighted by molar-refractivity contribution is 8.36. The van der Waals surface area contributed by atoms with Crippen molar-refractivity contribution in [2.45, 2.75) is 38.1 Å². The van der Waals surface area contributed by atoms with E-state index in [0.717, 1.165) is 19.7 Å². The fourth-order valence-corrected chi connectivity index (χ4v) is 12.5. The first-order valence-electron chi connectivity index (χ1n) is 4.33. The van der Waals surface area contributed by atoms with E-state index >= 15 is 0 Å². The molecule has 4 saturated heterocycles. The van der Waals surface area contributed by atoms with E-state index in [9.17, 15) is 0 Å². The molecule has 4 rings (SSSR count). The van der Waals surface area contributed by atoms with Crippen LogP contribution in [0.3, 0.4) is 0 Å². The summed E-state index contributed by atoms with van der Waals surface area (Å²) in [6.07, 6.45) is 1.41. The number of rotatable bonds is 0. The minimum atomic E-state index is 0.572. The standard InChI is InChI=1S/C8H12S4/c1-4-6-9-5-3-8(2,11-6)12-7(4)10-5/h4-7H,3H2,1-2H3. The van der Waals surface area contributed by atoms with Gasteiger partial charge in [-0.1, -0.05) is 6.92 Å². The van der Waals surface area contributed by atoms with Crippen LogP contribution in [0.25, 0.3) is 0 Å². The van der Waals surface area contributed by atoms with Crippen molar-refractivity contribution in [2.24, 2.45) is 5.92 Å². The third kappa shape index (κ3) is 1.17. The van der Waals surface area contributed by atoms with Gasteiger partial charge >= 0.3 is 0 Å². The molecule has 2 unspecified atom stereocenters. The molecule has 4 bridgehead atoms. The number of hydrogen-bond acceptors (Lipinski definition) is 4. The second kappa shape index (κ2) is 2.71. The van der Waals surface area contributed by atoms with Crippen LogP contribution in [0.15, 0.2) is 0 Å². The summed E-state index contributed by atoms with van der Waals surface area (Å²) >= 11 is 8.91. The maximum Gasteiger partial charge on any atom is 0.0624 e. The van der Waals surface area contributed by atoms with Gasteiger partial charge in [0.25, 0.3) is 0 Å². The number of thioether (sulfide) groups is 4. The molecule has 0 aliphatic carbocycles. The van der Waals surface area contributed by atoms with E-state index in [0.29, 0.717) is 4.08 Å². The molecule has 4 aliphatic heterocycles. The van der Waals surface area contributed by atoms with Gasteiger partial charge in [0, 0.05) is 0 Å². The van der Waals surface area contributed by atoms with Crippen molar-refractivity contribution < 1.29 is 0 Å². The first-order chi connectivity index (χ1) is 5.66. The summed E-state index contributed by atoms with van der Waals surface area (Å²) in [7, 11) is 0. The lowest BCUT2D eigenvalue weighted by atomic mass is 10.2. The molecule has 4 heteroatoms. The molecule has 68 valence electrons. The Morgan fingerprint density at radius 3 is 2.25 bits per heavy atom. The topological polar surface area (TPSA) is 0 Å². The predicted molar refractivity (Wildman–Crippen MR) is 63.9 cm³/mol. The van der Waals surface area contributed by atoms with Crippen LogP contribution in [-0.4, -0.2) is 17.8 Å². The minimum absolute atomic E-state index is 0.572. The Morgan fingerprint density at radius 2 is 1.75 bits per heavy atom. The molecule has 0 amide bonds. The van der Waals surface area contributed by atoms with Crippen molar-refractivity contribution in [3.63, 3.8) is 0 Å². The maximum atomic E-state index is 2.45. The quantitative estimate of drug-likeness (QED) is 0.629. The Labute approximate surface area is 90.8 Å². The van der Waals surface area contributed by atoms with Crippen LogP contribution < -0.4 is 0 Å². The minimum Gasteiger partial charge on any atom is -0.133 e. The van der Waals surface area contributed by atoms with Crippen molar-refractivity contribution in [1.29, 1.82) is 0 Å². The van der Waals surface area contributed by atoms with Crippen molar-refractivity contribution in [3.05, 3.63) is 0 Å². The highest BCUT2D eigenvalue weighted by Gasteiger charge is 2.54. The lowest BCUT2D eigenvalue weighted by molar-refractivity contribution is 0.644. The van der Waals surface area contributed by atoms with E-state index in [4.69, 9.17) is 0 Å². The summed E-state index contributed by atoms with van der Waals surface area (Å²) in [6.45, 7) is 4.87. The third-order valence-electron chi connectivity index (χ3n) is 2.70. The van der Waals surface area contributed by atoms with E-state index < -0.39 is 0 Å². The van der Waals surface area contributed by atoms with Gasteiger partial charge in [0.1, 0.15) is 0 Å². The van der Waals surface area contributed by atoms with Gasteiger partial charge in [0.15, 0.2) is 0 Å². The van der Waals surface area contributed by atoms with E-state index in [1.165, 1.54) is 6.42 Å². The van der Waals surface area contributed by atoms with E-state index in [1.54, 1.807) is 0 Å². The smallest absolute Gasteiger partial charge is 0.0624 e. The molecular weight excluding hydrogens is 224 g/mol. The van der Waals surface area contributed by atoms with Crippen LogP contribution in [0.1, 0.15) is 20.3 Å². The van der Waals surface area contributed by atoms with Crippen LogP contribution in [0.2, 0.25) is 0 Å². The highest BCUT2D eigenvalue weighted by Crippen LogP contribution is 2.70. The van der Waals surface area contributed by atoms with Crippen molar-refractivity contribution in [1.82, 2.24) is 0 Å². The molecule has 2 atom stereocenters. The van der Waals surface area contributed by atoms with Crippen LogP contribution in [0, 0.1) is 5.92 Å². The Hall–Kier alpha value is 1.40. The molecule has 0 aromatic carbocycles. The second-order valence-corrected chi connectivity index (χ2v) is 11.0. The SMILES string of the molecule is CC1C2SC3CC(C)(S2)SC1S3. The summed E-state index contributed by atoms with van der Waals surface area (Å²) < 4.78 is 3.30. The van der Waals surface area contributed by atoms with Gasteiger partial charge in [-0.05, 0) is 19.3 Å². The third-order valence-corrected chi connectivity index (χ3v) is 10.2. The van der Waals surface area contributed by atoms with Crippen LogP contribution >= 0.6 is 47.0 Å². The Balaban J connectivity index is 1.95. The molecule has 0 nitrogen and oxygen atoms in total. The van der Waals surface area contributed by atoms with Crippen LogP contribution in [-0.2, 0) is 0 Å². The zero-order valence-electron chi connectivity index (χ0n) is 7.15. The molecule has 0 radical (unpaired) electrons. The molecule has 4 fully saturated rings. The molecule has 0 aromatic heterocycles. The Morgan fingerprint density at radius 1 is 1.17 bits per heavy atom. The molecule has 12 heavy (non-hydrogen) atoms.